The van der Waals surface area contributed by atoms with Gasteiger partial charge in [0.1, 0.15) is 0 Å². The number of benzene rings is 3. The van der Waals surface area contributed by atoms with Gasteiger partial charge in [0.15, 0.2) is 0 Å². The molecule has 0 bridgehead atoms. The van der Waals surface area contributed by atoms with Gasteiger partial charge in [0.25, 0.3) is 0 Å². The Morgan fingerprint density at radius 1 is 0.704 bits per heavy atom. The van der Waals surface area contributed by atoms with Crippen molar-refractivity contribution in [3.8, 4) is 0 Å². The molecule has 0 aliphatic rings. The Hall–Kier alpha value is -1.96. The van der Waals surface area contributed by atoms with Gasteiger partial charge in [-0.15, -0.1) is 0 Å². The molecule has 0 spiro atoms. The van der Waals surface area contributed by atoms with Crippen molar-refractivity contribution in [2.75, 3.05) is 5.73 Å². The minimum Gasteiger partial charge on any atom is -0.398 e. The molecule has 3 aromatic rings. The molecule has 1 nitrogen and oxygen atoms in total. The van der Waals surface area contributed by atoms with E-state index in [0.29, 0.717) is 10.0 Å². The monoisotopic (exact) mass is 397 g/mol. The molecule has 3 heteroatoms. The van der Waals surface area contributed by atoms with Crippen molar-refractivity contribution in [2.24, 2.45) is 0 Å². The van der Waals surface area contributed by atoms with Gasteiger partial charge in [-0.1, -0.05) is 53.5 Å². The lowest BCUT2D eigenvalue weighted by molar-refractivity contribution is 0.963. The Kier molecular flexibility index (Phi) is 5.55. The predicted molar refractivity (Wildman–Crippen MR) is 118 cm³/mol. The van der Waals surface area contributed by atoms with E-state index in [1.807, 2.05) is 32.0 Å². The van der Waals surface area contributed by atoms with Crippen molar-refractivity contribution >= 4 is 28.9 Å². The van der Waals surface area contributed by atoms with E-state index in [0.717, 1.165) is 27.9 Å². The van der Waals surface area contributed by atoms with Crippen LogP contribution < -0.4 is 5.73 Å². The summed E-state index contributed by atoms with van der Waals surface area (Å²) in [6.45, 7) is 10.5. The van der Waals surface area contributed by atoms with Gasteiger partial charge in [-0.3, -0.25) is 0 Å². The number of nitrogens with two attached hydrogens (primary N) is 1. The summed E-state index contributed by atoms with van der Waals surface area (Å²) in [5, 5.41) is 1.35. The van der Waals surface area contributed by atoms with Crippen molar-refractivity contribution in [3.63, 3.8) is 0 Å². The zero-order valence-electron chi connectivity index (χ0n) is 16.5. The zero-order valence-corrected chi connectivity index (χ0v) is 18.0. The van der Waals surface area contributed by atoms with E-state index in [-0.39, 0.29) is 5.92 Å². The van der Waals surface area contributed by atoms with Gasteiger partial charge in [-0.25, -0.2) is 0 Å². The normalized spacial score (nSPS) is 12.3. The molecule has 27 heavy (non-hydrogen) atoms. The maximum absolute atomic E-state index is 6.64. The standard InChI is InChI=1S/C24H25Cl2N/c1-13-9-18(10-14(2)17(13)5)22(23-20(25)7-6-8-21(23)26)19-11-15(3)24(27)16(4)12-19/h6-12,22H,27H2,1-5H3. The molecule has 0 amide bonds. The van der Waals surface area contributed by atoms with Crippen LogP contribution in [0.4, 0.5) is 5.69 Å². The van der Waals surface area contributed by atoms with E-state index in [1.165, 1.54) is 22.3 Å². The van der Waals surface area contributed by atoms with Crippen LogP contribution >= 0.6 is 23.2 Å². The van der Waals surface area contributed by atoms with E-state index >= 15 is 0 Å². The summed E-state index contributed by atoms with van der Waals surface area (Å²) in [6.07, 6.45) is 0. The van der Waals surface area contributed by atoms with E-state index in [9.17, 15) is 0 Å². The van der Waals surface area contributed by atoms with Crippen molar-refractivity contribution in [1.29, 1.82) is 0 Å². The Balaban J connectivity index is 2.35. The number of aryl methyl sites for hydroxylation is 4. The van der Waals surface area contributed by atoms with Crippen LogP contribution in [0.5, 0.6) is 0 Å². The minimum absolute atomic E-state index is 0.0535. The van der Waals surface area contributed by atoms with Gasteiger partial charge in [0.2, 0.25) is 0 Å². The van der Waals surface area contributed by atoms with Gasteiger partial charge < -0.3 is 5.73 Å². The molecule has 0 fully saturated rings. The third-order valence-electron chi connectivity index (χ3n) is 5.52. The average Bonchev–Trinajstić information content (AvgIpc) is 2.60. The van der Waals surface area contributed by atoms with Crippen LogP contribution in [-0.4, -0.2) is 0 Å². The molecule has 0 heterocycles. The first kappa shape index (κ1) is 19.8. The first-order chi connectivity index (χ1) is 12.7. The Bertz CT molecular complexity index is 897. The second-order valence-electron chi connectivity index (χ2n) is 7.42. The van der Waals surface area contributed by atoms with Gasteiger partial charge >= 0.3 is 0 Å². The molecule has 0 radical (unpaired) electrons. The maximum Gasteiger partial charge on any atom is 0.0462 e. The number of rotatable bonds is 3. The molecular weight excluding hydrogens is 373 g/mol. The second kappa shape index (κ2) is 7.58. The fourth-order valence-electron chi connectivity index (χ4n) is 3.72. The van der Waals surface area contributed by atoms with Crippen LogP contribution in [0, 0.1) is 34.6 Å². The summed E-state index contributed by atoms with van der Waals surface area (Å²) in [6, 6.07) is 14.5. The number of anilines is 1. The fraction of sp³-hybridized carbons (Fsp3) is 0.250. The van der Waals surface area contributed by atoms with Crippen molar-refractivity contribution < 1.29 is 0 Å². The Morgan fingerprint density at radius 3 is 1.56 bits per heavy atom. The third kappa shape index (κ3) is 3.72. The lowest BCUT2D eigenvalue weighted by atomic mass is 9.81. The first-order valence-electron chi connectivity index (χ1n) is 9.09. The summed E-state index contributed by atoms with van der Waals surface area (Å²) in [5.74, 6) is -0.0535. The number of hydrogen-bond acceptors (Lipinski definition) is 1. The van der Waals surface area contributed by atoms with Crippen molar-refractivity contribution in [3.05, 3.63) is 97.0 Å². The molecule has 0 aliphatic heterocycles. The van der Waals surface area contributed by atoms with Gasteiger partial charge in [-0.2, -0.15) is 0 Å². The summed E-state index contributed by atoms with van der Waals surface area (Å²) >= 11 is 13.3. The van der Waals surface area contributed by atoms with Crippen LogP contribution in [0.15, 0.2) is 42.5 Å². The summed E-state index contributed by atoms with van der Waals surface area (Å²) in [4.78, 5) is 0. The van der Waals surface area contributed by atoms with Crippen molar-refractivity contribution in [1.82, 2.24) is 0 Å². The van der Waals surface area contributed by atoms with Crippen LogP contribution in [0.2, 0.25) is 10.0 Å². The lowest BCUT2D eigenvalue weighted by Crippen LogP contribution is -2.08. The molecule has 0 aromatic heterocycles. The fourth-order valence-corrected chi connectivity index (χ4v) is 4.34. The highest BCUT2D eigenvalue weighted by Gasteiger charge is 2.24. The first-order valence-corrected chi connectivity index (χ1v) is 9.84. The summed E-state index contributed by atoms with van der Waals surface area (Å²) in [7, 11) is 0. The number of nitrogen functional groups attached to an aromatic ring is 1. The average molecular weight is 398 g/mol. The van der Waals surface area contributed by atoms with Gasteiger partial charge in [0.05, 0.1) is 0 Å². The molecule has 3 rings (SSSR count). The molecule has 0 saturated heterocycles. The van der Waals surface area contributed by atoms with Gasteiger partial charge in [-0.05, 0) is 85.7 Å². The van der Waals surface area contributed by atoms with Crippen LogP contribution in [0.25, 0.3) is 0 Å². The highest BCUT2D eigenvalue weighted by Crippen LogP contribution is 2.42. The van der Waals surface area contributed by atoms with Gasteiger partial charge in [0, 0.05) is 27.2 Å². The van der Waals surface area contributed by atoms with Crippen LogP contribution in [-0.2, 0) is 0 Å². The largest absolute Gasteiger partial charge is 0.398 e. The topological polar surface area (TPSA) is 26.0 Å². The maximum atomic E-state index is 6.64. The molecule has 1 atom stereocenters. The molecule has 0 saturated carbocycles. The molecule has 1 unspecified atom stereocenters. The SMILES string of the molecule is Cc1cc(C(c2cc(C)c(N)c(C)c2)c2c(Cl)cccc2Cl)cc(C)c1C. The molecule has 0 aliphatic carbocycles. The second-order valence-corrected chi connectivity index (χ2v) is 8.23. The molecular formula is C24H25Cl2N. The molecule has 140 valence electrons. The predicted octanol–water partition coefficient (Wildman–Crippen LogP) is 7.30. The molecule has 2 N–H and O–H groups in total. The lowest BCUT2D eigenvalue weighted by Gasteiger charge is -2.24. The quantitative estimate of drug-likeness (QED) is 0.364. The zero-order chi connectivity index (χ0) is 19.9. The summed E-state index contributed by atoms with van der Waals surface area (Å²) in [5.41, 5.74) is 16.3. The highest BCUT2D eigenvalue weighted by molar-refractivity contribution is 6.36. The highest BCUT2D eigenvalue weighted by atomic mass is 35.5. The van der Waals surface area contributed by atoms with E-state index in [1.54, 1.807) is 0 Å². The van der Waals surface area contributed by atoms with E-state index in [2.05, 4.69) is 45.0 Å². The Labute approximate surface area is 172 Å². The van der Waals surface area contributed by atoms with Crippen molar-refractivity contribution in [2.45, 2.75) is 40.5 Å². The van der Waals surface area contributed by atoms with Crippen LogP contribution in [0.1, 0.15) is 50.4 Å². The minimum atomic E-state index is -0.0535. The number of halogens is 2. The van der Waals surface area contributed by atoms with Crippen LogP contribution in [0.3, 0.4) is 0 Å². The molecule has 3 aromatic carbocycles. The summed E-state index contributed by atoms with van der Waals surface area (Å²) < 4.78 is 0. The third-order valence-corrected chi connectivity index (χ3v) is 6.18. The van der Waals surface area contributed by atoms with E-state index < -0.39 is 0 Å². The smallest absolute Gasteiger partial charge is 0.0462 e. The number of hydrogen-bond donors (Lipinski definition) is 1. The van der Waals surface area contributed by atoms with E-state index in [4.69, 9.17) is 28.9 Å². The Morgan fingerprint density at radius 2 is 1.11 bits per heavy atom.